The Balaban J connectivity index is 1.06. The summed E-state index contributed by atoms with van der Waals surface area (Å²) in [5, 5.41) is 7.36. The summed E-state index contributed by atoms with van der Waals surface area (Å²) < 4.78 is 5.52. The van der Waals surface area contributed by atoms with Crippen LogP contribution < -0.4 is 5.32 Å². The van der Waals surface area contributed by atoms with Gasteiger partial charge in [0.15, 0.2) is 0 Å². The number of rotatable bonds is 8. The fourth-order valence-electron chi connectivity index (χ4n) is 5.52. The molecular weight excluding hydrogens is 462 g/mol. The summed E-state index contributed by atoms with van der Waals surface area (Å²) in [6, 6.07) is 16.8. The molecule has 1 amide bonds. The van der Waals surface area contributed by atoms with Crippen LogP contribution in [0.3, 0.4) is 0 Å². The molecule has 5 rings (SSSR count). The molecule has 2 aliphatic rings. The Morgan fingerprint density at radius 1 is 0.919 bits per heavy atom. The number of carbonyl (C=O) groups excluding carboxylic acids is 1. The number of amides is 1. The van der Waals surface area contributed by atoms with Gasteiger partial charge in [-0.15, -0.1) is 0 Å². The quantitative estimate of drug-likeness (QED) is 0.471. The summed E-state index contributed by atoms with van der Waals surface area (Å²) in [5.41, 5.74) is 4.65. The molecule has 2 aromatic carbocycles. The molecule has 7 heteroatoms. The highest BCUT2D eigenvalue weighted by Gasteiger charge is 2.26. The highest BCUT2D eigenvalue weighted by Crippen LogP contribution is 2.22. The maximum absolute atomic E-state index is 12.9. The van der Waals surface area contributed by atoms with Crippen molar-refractivity contribution in [3.05, 3.63) is 71.1 Å². The minimum Gasteiger partial charge on any atom is -0.352 e. The van der Waals surface area contributed by atoms with E-state index < -0.39 is 0 Å². The van der Waals surface area contributed by atoms with E-state index in [-0.39, 0.29) is 11.8 Å². The molecule has 2 saturated heterocycles. The summed E-state index contributed by atoms with van der Waals surface area (Å²) in [6.07, 6.45) is 7.01. The topological polar surface area (TPSA) is 74.5 Å². The molecule has 196 valence electrons. The summed E-state index contributed by atoms with van der Waals surface area (Å²) in [7, 11) is 0. The number of hydrogen-bond donors (Lipinski definition) is 1. The molecule has 2 fully saturated rings. The van der Waals surface area contributed by atoms with Gasteiger partial charge in [0.05, 0.1) is 6.54 Å². The number of nitrogens with zero attached hydrogens (tertiary/aromatic N) is 4. The van der Waals surface area contributed by atoms with Gasteiger partial charge in [-0.2, -0.15) is 4.98 Å². The Morgan fingerprint density at radius 3 is 2.43 bits per heavy atom. The molecule has 3 aromatic rings. The molecule has 7 nitrogen and oxygen atoms in total. The van der Waals surface area contributed by atoms with Crippen molar-refractivity contribution < 1.29 is 9.32 Å². The van der Waals surface area contributed by atoms with Crippen LogP contribution in [0.25, 0.3) is 11.4 Å². The Bertz CT molecular complexity index is 1160. The van der Waals surface area contributed by atoms with Crippen LogP contribution in [0, 0.1) is 12.8 Å². The largest absolute Gasteiger partial charge is 0.352 e. The van der Waals surface area contributed by atoms with Gasteiger partial charge in [-0.3, -0.25) is 14.6 Å². The Labute approximate surface area is 220 Å². The molecule has 0 spiro atoms. The lowest BCUT2D eigenvalue weighted by Crippen LogP contribution is -2.40. The first-order valence-corrected chi connectivity index (χ1v) is 13.8. The highest BCUT2D eigenvalue weighted by atomic mass is 16.5. The predicted octanol–water partition coefficient (Wildman–Crippen LogP) is 4.95. The van der Waals surface area contributed by atoms with Gasteiger partial charge < -0.3 is 9.84 Å². The van der Waals surface area contributed by atoms with Crippen LogP contribution in [0.2, 0.25) is 0 Å². The van der Waals surface area contributed by atoms with E-state index in [0.29, 0.717) is 24.8 Å². The van der Waals surface area contributed by atoms with E-state index in [1.165, 1.54) is 49.9 Å². The normalized spacial score (nSPS) is 18.0. The van der Waals surface area contributed by atoms with Gasteiger partial charge in [0, 0.05) is 24.6 Å². The maximum Gasteiger partial charge on any atom is 0.241 e. The van der Waals surface area contributed by atoms with Gasteiger partial charge >= 0.3 is 0 Å². The first-order chi connectivity index (χ1) is 18.1. The van der Waals surface area contributed by atoms with E-state index in [4.69, 9.17) is 4.52 Å². The third-order valence-corrected chi connectivity index (χ3v) is 7.73. The van der Waals surface area contributed by atoms with E-state index in [1.54, 1.807) is 0 Å². The molecule has 0 atom stereocenters. The second-order valence-corrected chi connectivity index (χ2v) is 10.6. The second kappa shape index (κ2) is 12.5. The van der Waals surface area contributed by atoms with Crippen molar-refractivity contribution in [1.29, 1.82) is 0 Å². The molecular formula is C30H39N5O2. The van der Waals surface area contributed by atoms with Crippen LogP contribution in [0.15, 0.2) is 53.1 Å². The summed E-state index contributed by atoms with van der Waals surface area (Å²) in [5.74, 6) is 1.48. The second-order valence-electron chi connectivity index (χ2n) is 10.6. The first kappa shape index (κ1) is 25.6. The average molecular weight is 502 g/mol. The van der Waals surface area contributed by atoms with Crippen molar-refractivity contribution >= 4 is 5.91 Å². The van der Waals surface area contributed by atoms with Crippen molar-refractivity contribution in [2.24, 2.45) is 5.92 Å². The van der Waals surface area contributed by atoms with Crippen molar-refractivity contribution in [1.82, 2.24) is 25.3 Å². The number of piperidine rings is 1. The zero-order valence-electron chi connectivity index (χ0n) is 22.0. The summed E-state index contributed by atoms with van der Waals surface area (Å²) in [4.78, 5) is 22.4. The number of carbonyl (C=O) groups is 1. The number of hydrogen-bond acceptors (Lipinski definition) is 6. The van der Waals surface area contributed by atoms with Crippen molar-refractivity contribution in [2.45, 2.75) is 65.1 Å². The number of benzene rings is 2. The van der Waals surface area contributed by atoms with Gasteiger partial charge in [0.2, 0.25) is 17.6 Å². The first-order valence-electron chi connectivity index (χ1n) is 13.8. The predicted molar refractivity (Wildman–Crippen MR) is 145 cm³/mol. The molecule has 0 bridgehead atoms. The monoisotopic (exact) mass is 501 g/mol. The lowest BCUT2D eigenvalue weighted by molar-refractivity contribution is -0.126. The van der Waals surface area contributed by atoms with Gasteiger partial charge in [-0.25, -0.2) is 0 Å². The number of aryl methyl sites for hydroxylation is 1. The van der Waals surface area contributed by atoms with Gasteiger partial charge in [-0.05, 0) is 75.5 Å². The van der Waals surface area contributed by atoms with Gasteiger partial charge in [0.1, 0.15) is 0 Å². The van der Waals surface area contributed by atoms with Crippen molar-refractivity contribution in [3.63, 3.8) is 0 Å². The van der Waals surface area contributed by atoms with Crippen LogP contribution in [0.1, 0.15) is 61.1 Å². The molecule has 1 N–H and O–H groups in total. The molecule has 0 radical (unpaired) electrons. The van der Waals surface area contributed by atoms with E-state index in [1.807, 2.05) is 18.2 Å². The highest BCUT2D eigenvalue weighted by molar-refractivity contribution is 5.78. The minimum absolute atomic E-state index is 0.0572. The summed E-state index contributed by atoms with van der Waals surface area (Å²) >= 11 is 0. The van der Waals surface area contributed by atoms with Gasteiger partial charge in [0.25, 0.3) is 0 Å². The summed E-state index contributed by atoms with van der Waals surface area (Å²) in [6.45, 7) is 8.37. The lowest BCUT2D eigenvalue weighted by Gasteiger charge is -2.30. The average Bonchev–Trinajstić information content (AvgIpc) is 3.22. The third-order valence-electron chi connectivity index (χ3n) is 7.73. The SMILES string of the molecule is Cc1ccccc1-c1noc(CN2CCC(C(=O)NCc3cccc(CN4CCCCCC4)c3)CC2)n1. The maximum atomic E-state index is 12.9. The number of likely N-dealkylation sites (tertiary alicyclic amines) is 2. The van der Waals surface area contributed by atoms with Crippen LogP contribution in [0.4, 0.5) is 0 Å². The van der Waals surface area contributed by atoms with Crippen LogP contribution in [-0.2, 0) is 24.4 Å². The lowest BCUT2D eigenvalue weighted by atomic mass is 9.96. The molecule has 0 aliphatic carbocycles. The zero-order chi connectivity index (χ0) is 25.5. The van der Waals surface area contributed by atoms with Crippen LogP contribution in [0.5, 0.6) is 0 Å². The zero-order valence-corrected chi connectivity index (χ0v) is 22.0. The van der Waals surface area contributed by atoms with E-state index in [2.05, 4.69) is 62.5 Å². The number of nitrogens with one attached hydrogen (secondary N) is 1. The van der Waals surface area contributed by atoms with Crippen LogP contribution in [-0.4, -0.2) is 52.0 Å². The fourth-order valence-corrected chi connectivity index (χ4v) is 5.52. The van der Waals surface area contributed by atoms with Crippen molar-refractivity contribution in [3.8, 4) is 11.4 Å². The molecule has 0 unspecified atom stereocenters. The Hall–Kier alpha value is -3.03. The fraction of sp³-hybridized carbons (Fsp3) is 0.500. The number of aromatic nitrogens is 2. The standard InChI is InChI=1S/C30H39N5O2/c1-23-9-4-5-12-27(23)29-32-28(37-33-29)22-35-17-13-26(14-18-35)30(36)31-20-24-10-8-11-25(19-24)21-34-15-6-2-3-7-16-34/h4-5,8-12,19,26H,2-3,6-7,13-18,20-22H2,1H3,(H,31,36). The molecule has 37 heavy (non-hydrogen) atoms. The Morgan fingerprint density at radius 2 is 1.65 bits per heavy atom. The van der Waals surface area contributed by atoms with E-state index in [9.17, 15) is 4.79 Å². The van der Waals surface area contributed by atoms with Crippen LogP contribution >= 0.6 is 0 Å². The van der Waals surface area contributed by atoms with E-state index in [0.717, 1.165) is 43.6 Å². The van der Waals surface area contributed by atoms with Gasteiger partial charge in [-0.1, -0.05) is 66.5 Å². The van der Waals surface area contributed by atoms with E-state index >= 15 is 0 Å². The molecule has 1 aromatic heterocycles. The molecule has 2 aliphatic heterocycles. The van der Waals surface area contributed by atoms with Crippen molar-refractivity contribution in [2.75, 3.05) is 26.2 Å². The Kier molecular flexibility index (Phi) is 8.64. The molecule has 3 heterocycles. The minimum atomic E-state index is 0.0572. The smallest absolute Gasteiger partial charge is 0.241 e. The third kappa shape index (κ3) is 7.05. The molecule has 0 saturated carbocycles.